The van der Waals surface area contributed by atoms with E-state index >= 15 is 0 Å². The van der Waals surface area contributed by atoms with Crippen molar-refractivity contribution in [3.05, 3.63) is 42.1 Å². The molecule has 15 heavy (non-hydrogen) atoms. The molecule has 0 radical (unpaired) electrons. The van der Waals surface area contributed by atoms with Gasteiger partial charge in [-0.05, 0) is 24.1 Å². The Morgan fingerprint density at radius 3 is 3.07 bits per heavy atom. The Balaban J connectivity index is 2.34. The Morgan fingerprint density at radius 2 is 2.27 bits per heavy atom. The van der Waals surface area contributed by atoms with E-state index in [0.717, 1.165) is 23.6 Å². The lowest BCUT2D eigenvalue weighted by Crippen LogP contribution is -2.00. The monoisotopic (exact) mass is 199 g/mol. The zero-order valence-corrected chi connectivity index (χ0v) is 8.68. The second-order valence-electron chi connectivity index (χ2n) is 3.85. The van der Waals surface area contributed by atoms with E-state index < -0.39 is 0 Å². The molecule has 1 unspecified atom stereocenters. The van der Waals surface area contributed by atoms with Crippen molar-refractivity contribution in [3.63, 3.8) is 0 Å². The first kappa shape index (κ1) is 9.84. The zero-order valence-electron chi connectivity index (χ0n) is 8.68. The third-order valence-electron chi connectivity index (χ3n) is 2.46. The van der Waals surface area contributed by atoms with Gasteiger partial charge in [-0.15, -0.1) is 0 Å². The molecule has 1 aromatic heterocycles. The largest absolute Gasteiger partial charge is 0.303 e. The fourth-order valence-corrected chi connectivity index (χ4v) is 1.66. The minimum absolute atomic E-state index is 0.0752. The molecule has 0 N–H and O–H groups in total. The van der Waals surface area contributed by atoms with E-state index in [0.29, 0.717) is 0 Å². The summed E-state index contributed by atoms with van der Waals surface area (Å²) < 4.78 is 0. The first-order valence-electron chi connectivity index (χ1n) is 5.08. The third-order valence-corrected chi connectivity index (χ3v) is 2.46. The molecule has 0 aliphatic rings. The molecular formula is C13H13NO. The van der Waals surface area contributed by atoms with Crippen molar-refractivity contribution in [1.82, 2.24) is 4.98 Å². The van der Waals surface area contributed by atoms with Gasteiger partial charge >= 0.3 is 0 Å². The number of hydrogen-bond acceptors (Lipinski definition) is 2. The average molecular weight is 199 g/mol. The van der Waals surface area contributed by atoms with Gasteiger partial charge in [0.15, 0.2) is 0 Å². The van der Waals surface area contributed by atoms with Crippen LogP contribution in [0.1, 0.15) is 12.5 Å². The van der Waals surface area contributed by atoms with Gasteiger partial charge in [0.1, 0.15) is 6.29 Å². The Labute approximate surface area is 89.0 Å². The highest BCUT2D eigenvalue weighted by molar-refractivity contribution is 5.78. The first-order chi connectivity index (χ1) is 7.29. The molecule has 1 atom stereocenters. The van der Waals surface area contributed by atoms with Gasteiger partial charge in [-0.3, -0.25) is 4.98 Å². The summed E-state index contributed by atoms with van der Waals surface area (Å²) in [7, 11) is 0. The van der Waals surface area contributed by atoms with Crippen LogP contribution >= 0.6 is 0 Å². The Morgan fingerprint density at radius 1 is 1.40 bits per heavy atom. The predicted molar refractivity (Wildman–Crippen MR) is 60.7 cm³/mol. The van der Waals surface area contributed by atoms with Crippen molar-refractivity contribution in [3.8, 4) is 0 Å². The molecule has 0 saturated heterocycles. The zero-order chi connectivity index (χ0) is 10.7. The molecule has 2 aromatic rings. The second-order valence-corrected chi connectivity index (χ2v) is 3.85. The van der Waals surface area contributed by atoms with Gasteiger partial charge in [0.25, 0.3) is 0 Å². The number of fused-ring (bicyclic) bond motifs is 1. The summed E-state index contributed by atoms with van der Waals surface area (Å²) in [6.45, 7) is 1.93. The highest BCUT2D eigenvalue weighted by Crippen LogP contribution is 2.15. The minimum atomic E-state index is 0.0752. The van der Waals surface area contributed by atoms with Crippen LogP contribution in [0.5, 0.6) is 0 Å². The highest BCUT2D eigenvalue weighted by Gasteiger charge is 2.02. The van der Waals surface area contributed by atoms with E-state index in [-0.39, 0.29) is 5.92 Å². The summed E-state index contributed by atoms with van der Waals surface area (Å²) in [6, 6.07) is 10.1. The summed E-state index contributed by atoms with van der Waals surface area (Å²) in [6.07, 6.45) is 3.56. The van der Waals surface area contributed by atoms with E-state index in [9.17, 15) is 4.79 Å². The van der Waals surface area contributed by atoms with Crippen LogP contribution in [-0.2, 0) is 11.2 Å². The Hall–Kier alpha value is -1.70. The highest BCUT2D eigenvalue weighted by atomic mass is 16.1. The van der Waals surface area contributed by atoms with Crippen LogP contribution < -0.4 is 0 Å². The molecule has 0 amide bonds. The van der Waals surface area contributed by atoms with Gasteiger partial charge < -0.3 is 4.79 Å². The van der Waals surface area contributed by atoms with Crippen LogP contribution in [0.25, 0.3) is 10.9 Å². The van der Waals surface area contributed by atoms with Gasteiger partial charge in [-0.2, -0.15) is 0 Å². The topological polar surface area (TPSA) is 30.0 Å². The van der Waals surface area contributed by atoms with Crippen LogP contribution in [0.15, 0.2) is 36.5 Å². The molecule has 0 bridgehead atoms. The van der Waals surface area contributed by atoms with E-state index in [1.54, 1.807) is 6.20 Å². The quantitative estimate of drug-likeness (QED) is 0.711. The van der Waals surface area contributed by atoms with Gasteiger partial charge in [0.2, 0.25) is 0 Å². The van der Waals surface area contributed by atoms with Crippen molar-refractivity contribution >= 4 is 17.2 Å². The Kier molecular flexibility index (Phi) is 2.77. The lowest BCUT2D eigenvalue weighted by molar-refractivity contribution is -0.110. The molecule has 76 valence electrons. The maximum Gasteiger partial charge on any atom is 0.123 e. The van der Waals surface area contributed by atoms with Gasteiger partial charge in [0.05, 0.1) is 5.52 Å². The summed E-state index contributed by atoms with van der Waals surface area (Å²) in [5, 5.41) is 1.14. The number of nitrogens with zero attached hydrogens (tertiary/aromatic N) is 1. The Bertz CT molecular complexity index is 479. The average Bonchev–Trinajstić information content (AvgIpc) is 2.29. The van der Waals surface area contributed by atoms with Gasteiger partial charge in [0, 0.05) is 17.5 Å². The van der Waals surface area contributed by atoms with E-state index in [4.69, 9.17) is 0 Å². The van der Waals surface area contributed by atoms with Crippen LogP contribution in [0.2, 0.25) is 0 Å². The smallest absolute Gasteiger partial charge is 0.123 e. The summed E-state index contributed by atoms with van der Waals surface area (Å²) in [5.41, 5.74) is 2.16. The lowest BCUT2D eigenvalue weighted by atomic mass is 10.0. The molecule has 1 aromatic carbocycles. The van der Waals surface area contributed by atoms with Crippen molar-refractivity contribution in [2.75, 3.05) is 0 Å². The number of pyridine rings is 1. The van der Waals surface area contributed by atoms with Crippen LogP contribution in [0.4, 0.5) is 0 Å². The van der Waals surface area contributed by atoms with Gasteiger partial charge in [-0.1, -0.05) is 25.1 Å². The number of carbonyl (C=O) groups excluding carboxylic acids is 1. The molecule has 0 fully saturated rings. The van der Waals surface area contributed by atoms with Crippen LogP contribution in [0, 0.1) is 5.92 Å². The summed E-state index contributed by atoms with van der Waals surface area (Å²) in [4.78, 5) is 14.8. The maximum absolute atomic E-state index is 10.6. The van der Waals surface area contributed by atoms with Crippen molar-refractivity contribution in [2.24, 2.45) is 5.92 Å². The second kappa shape index (κ2) is 4.22. The fourth-order valence-electron chi connectivity index (χ4n) is 1.66. The number of rotatable bonds is 3. The number of benzene rings is 1. The maximum atomic E-state index is 10.6. The molecule has 1 heterocycles. The number of aromatic nitrogens is 1. The summed E-state index contributed by atoms with van der Waals surface area (Å²) in [5.74, 6) is 0.0752. The number of aldehydes is 1. The first-order valence-corrected chi connectivity index (χ1v) is 5.08. The standard InChI is InChI=1S/C13H13NO/c1-10(9-15)7-11-4-5-12-3-2-6-14-13(12)8-11/h2-6,8-10H,7H2,1H3. The minimum Gasteiger partial charge on any atom is -0.303 e. The normalized spacial score (nSPS) is 12.6. The van der Waals surface area contributed by atoms with Crippen molar-refractivity contribution < 1.29 is 4.79 Å². The van der Waals surface area contributed by atoms with E-state index in [1.807, 2.05) is 19.1 Å². The molecule has 2 nitrogen and oxygen atoms in total. The fraction of sp³-hybridized carbons (Fsp3) is 0.231. The SMILES string of the molecule is CC(C=O)Cc1ccc2cccnc2c1. The van der Waals surface area contributed by atoms with Crippen molar-refractivity contribution in [2.45, 2.75) is 13.3 Å². The molecule has 0 saturated carbocycles. The number of carbonyl (C=O) groups is 1. The number of hydrogen-bond donors (Lipinski definition) is 0. The molecular weight excluding hydrogens is 186 g/mol. The van der Waals surface area contributed by atoms with E-state index in [2.05, 4.69) is 23.2 Å². The molecule has 0 aliphatic carbocycles. The lowest BCUT2D eigenvalue weighted by Gasteiger charge is -2.04. The molecule has 2 rings (SSSR count). The van der Waals surface area contributed by atoms with Crippen LogP contribution in [0.3, 0.4) is 0 Å². The van der Waals surface area contributed by atoms with Crippen LogP contribution in [-0.4, -0.2) is 11.3 Å². The molecule has 0 spiro atoms. The van der Waals surface area contributed by atoms with Gasteiger partial charge in [-0.25, -0.2) is 0 Å². The molecule has 0 aliphatic heterocycles. The molecule has 2 heteroatoms. The third kappa shape index (κ3) is 2.21. The van der Waals surface area contributed by atoms with Crippen molar-refractivity contribution in [1.29, 1.82) is 0 Å². The van der Waals surface area contributed by atoms with E-state index in [1.165, 1.54) is 5.56 Å². The summed E-state index contributed by atoms with van der Waals surface area (Å²) >= 11 is 0. The predicted octanol–water partition coefficient (Wildman–Crippen LogP) is 2.61.